The zero-order chi connectivity index (χ0) is 10.2. The summed E-state index contributed by atoms with van der Waals surface area (Å²) in [5.74, 6) is -0.00981. The van der Waals surface area contributed by atoms with Gasteiger partial charge in [-0.1, -0.05) is 58.0 Å². The van der Waals surface area contributed by atoms with Crippen molar-refractivity contribution >= 4 is 92.9 Å². The van der Waals surface area contributed by atoms with Gasteiger partial charge in [0.2, 0.25) is 0 Å². The molecule has 0 atom stereocenters. The molecule has 0 amide bonds. The lowest BCUT2D eigenvalue weighted by Gasteiger charge is -2.08. The van der Waals surface area contributed by atoms with Gasteiger partial charge in [0.15, 0.2) is 5.75 Å². The molecule has 14 heavy (non-hydrogen) atoms. The molecule has 74 valence electrons. The Morgan fingerprint density at radius 2 is 0.929 bits per heavy atom. The number of halogens is 6. The van der Waals surface area contributed by atoms with Gasteiger partial charge in [0.1, 0.15) is 21.9 Å². The van der Waals surface area contributed by atoms with Crippen LogP contribution in [0.3, 0.4) is 0 Å². The second-order valence-electron chi connectivity index (χ2n) is 1.98. The Morgan fingerprint density at radius 3 is 1.21 bits per heavy atom. The quantitative estimate of drug-likeness (QED) is 0.396. The molecule has 1 aromatic carbocycles. The molecule has 0 fully saturated rings. The van der Waals surface area contributed by atoms with Gasteiger partial charge in [0.05, 0.1) is 15.1 Å². The Labute approximate surface area is 127 Å². The highest BCUT2D eigenvalue weighted by Crippen LogP contribution is 2.48. The third kappa shape index (κ3) is 2.80. The second-order valence-corrected chi connectivity index (χ2v) is 4.02. The van der Waals surface area contributed by atoms with Crippen molar-refractivity contribution in [1.29, 1.82) is 0 Å². The fourth-order valence-corrected chi connectivity index (χ4v) is 2.08. The molecule has 0 saturated carbocycles. The van der Waals surface area contributed by atoms with Crippen molar-refractivity contribution in [1.82, 2.24) is 0 Å². The second kappa shape index (κ2) is 6.31. The monoisotopic (exact) mass is 322 g/mol. The molecule has 0 unspecified atom stereocenters. The van der Waals surface area contributed by atoms with Crippen LogP contribution in [0.5, 0.6) is 5.75 Å². The van der Waals surface area contributed by atoms with Crippen molar-refractivity contribution in [3.05, 3.63) is 25.1 Å². The molecule has 2 radical (unpaired) electrons. The maximum absolute atomic E-state index is 5.71. The van der Waals surface area contributed by atoms with Crippen LogP contribution in [-0.4, -0.2) is 23.1 Å². The SMILES string of the molecule is ClOc1c(Cl)c(Cl)c(Cl)c(Cl)c1Cl.[Mg]. The van der Waals surface area contributed by atoms with Crippen LogP contribution in [0, 0.1) is 0 Å². The first-order valence-electron chi connectivity index (χ1n) is 2.80. The summed E-state index contributed by atoms with van der Waals surface area (Å²) >= 11 is 33.6. The first kappa shape index (κ1) is 15.5. The highest BCUT2D eigenvalue weighted by Gasteiger charge is 2.20. The molecular formula is C6Cl6MgO. The highest BCUT2D eigenvalue weighted by atomic mass is 35.5. The third-order valence-corrected chi connectivity index (χ3v) is 3.64. The molecule has 0 aliphatic heterocycles. The number of hydrogen-bond acceptors (Lipinski definition) is 1. The van der Waals surface area contributed by atoms with Gasteiger partial charge in [-0.3, -0.25) is 0 Å². The van der Waals surface area contributed by atoms with Crippen LogP contribution >= 0.6 is 69.9 Å². The van der Waals surface area contributed by atoms with Gasteiger partial charge in [0, 0.05) is 23.1 Å². The summed E-state index contributed by atoms with van der Waals surface area (Å²) in [4.78, 5) is 0. The van der Waals surface area contributed by atoms with Crippen LogP contribution in [0.2, 0.25) is 25.1 Å². The lowest BCUT2D eigenvalue weighted by atomic mass is 10.3. The van der Waals surface area contributed by atoms with Crippen molar-refractivity contribution in [2.24, 2.45) is 0 Å². The molecule has 0 saturated heterocycles. The molecule has 0 aliphatic rings. The Balaban J connectivity index is 0.00000169. The van der Waals surface area contributed by atoms with Gasteiger partial charge in [0.25, 0.3) is 0 Å². The van der Waals surface area contributed by atoms with Crippen molar-refractivity contribution in [3.63, 3.8) is 0 Å². The summed E-state index contributed by atoms with van der Waals surface area (Å²) in [6.45, 7) is 0. The molecule has 8 heteroatoms. The number of hydrogen-bond donors (Lipinski definition) is 0. The summed E-state index contributed by atoms with van der Waals surface area (Å²) in [6.07, 6.45) is 0. The lowest BCUT2D eigenvalue weighted by molar-refractivity contribution is 0.620. The van der Waals surface area contributed by atoms with E-state index in [0.29, 0.717) is 0 Å². The fourth-order valence-electron chi connectivity index (χ4n) is 0.652. The zero-order valence-electron chi connectivity index (χ0n) is 6.38. The Hall–Kier alpha value is 1.53. The number of benzene rings is 1. The average Bonchev–Trinajstić information content (AvgIpc) is 2.13. The number of rotatable bonds is 1. The normalized spacial score (nSPS) is 9.57. The van der Waals surface area contributed by atoms with E-state index in [-0.39, 0.29) is 53.9 Å². The lowest BCUT2D eigenvalue weighted by Crippen LogP contribution is -1.84. The predicted octanol–water partition coefficient (Wildman–Crippen LogP) is 5.11. The van der Waals surface area contributed by atoms with E-state index in [0.717, 1.165) is 0 Å². The third-order valence-electron chi connectivity index (χ3n) is 1.25. The minimum Gasteiger partial charge on any atom is -0.382 e. The maximum atomic E-state index is 5.71. The van der Waals surface area contributed by atoms with E-state index < -0.39 is 0 Å². The molecule has 0 bridgehead atoms. The Morgan fingerprint density at radius 1 is 0.643 bits per heavy atom. The predicted molar refractivity (Wildman–Crippen MR) is 63.7 cm³/mol. The standard InChI is InChI=1S/C6Cl6O.Mg/c7-1-2(8)4(10)6(13-12)5(11)3(1)9;. The molecule has 0 heterocycles. The van der Waals surface area contributed by atoms with E-state index in [1.54, 1.807) is 0 Å². The van der Waals surface area contributed by atoms with Crippen molar-refractivity contribution in [3.8, 4) is 5.75 Å². The zero-order valence-corrected chi connectivity index (χ0v) is 12.3. The summed E-state index contributed by atoms with van der Waals surface area (Å²) in [5.41, 5.74) is 0. The largest absolute Gasteiger partial charge is 0.382 e. The van der Waals surface area contributed by atoms with E-state index in [9.17, 15) is 0 Å². The van der Waals surface area contributed by atoms with Crippen LogP contribution in [0.4, 0.5) is 0 Å². The van der Waals surface area contributed by atoms with E-state index >= 15 is 0 Å². The molecule has 0 aliphatic carbocycles. The molecular weight excluding hydrogens is 325 g/mol. The topological polar surface area (TPSA) is 9.23 Å². The molecule has 0 aromatic heterocycles. The van der Waals surface area contributed by atoms with E-state index in [4.69, 9.17) is 69.9 Å². The van der Waals surface area contributed by atoms with Crippen LogP contribution < -0.4 is 4.29 Å². The van der Waals surface area contributed by atoms with E-state index in [1.807, 2.05) is 0 Å². The van der Waals surface area contributed by atoms with E-state index in [2.05, 4.69) is 4.29 Å². The molecule has 1 rings (SSSR count). The first-order chi connectivity index (χ1) is 6.00. The Bertz CT molecular complexity index is 326. The van der Waals surface area contributed by atoms with Gasteiger partial charge in [-0.05, 0) is 0 Å². The van der Waals surface area contributed by atoms with Crippen LogP contribution in [0.15, 0.2) is 0 Å². The van der Waals surface area contributed by atoms with Crippen molar-refractivity contribution in [2.45, 2.75) is 0 Å². The van der Waals surface area contributed by atoms with Gasteiger partial charge < -0.3 is 4.29 Å². The molecule has 0 N–H and O–H groups in total. The average molecular weight is 325 g/mol. The fraction of sp³-hybridized carbons (Fsp3) is 0. The Kier molecular flexibility index (Phi) is 7.00. The summed E-state index contributed by atoms with van der Waals surface area (Å²) in [6, 6.07) is 0. The summed E-state index contributed by atoms with van der Waals surface area (Å²) in [7, 11) is 0. The minimum absolute atomic E-state index is 0. The van der Waals surface area contributed by atoms with Gasteiger partial charge in [-0.25, -0.2) is 0 Å². The molecule has 0 spiro atoms. The molecule has 1 aromatic rings. The summed E-state index contributed by atoms with van der Waals surface area (Å²) in [5, 5.41) is 0.213. The first-order valence-corrected chi connectivity index (χ1v) is 5.00. The smallest absolute Gasteiger partial charge is 0.186 e. The molecule has 1 nitrogen and oxygen atoms in total. The van der Waals surface area contributed by atoms with Crippen LogP contribution in [-0.2, 0) is 0 Å². The van der Waals surface area contributed by atoms with Crippen LogP contribution in [0.25, 0.3) is 0 Å². The summed E-state index contributed by atoms with van der Waals surface area (Å²) < 4.78 is 4.37. The van der Waals surface area contributed by atoms with Crippen molar-refractivity contribution < 1.29 is 4.29 Å². The highest BCUT2D eigenvalue weighted by molar-refractivity contribution is 6.55. The van der Waals surface area contributed by atoms with E-state index in [1.165, 1.54) is 0 Å². The minimum atomic E-state index is -0.00981. The van der Waals surface area contributed by atoms with Crippen LogP contribution in [0.1, 0.15) is 0 Å². The van der Waals surface area contributed by atoms with Gasteiger partial charge >= 0.3 is 0 Å². The maximum Gasteiger partial charge on any atom is 0.186 e. The van der Waals surface area contributed by atoms with Gasteiger partial charge in [-0.15, -0.1) is 0 Å². The van der Waals surface area contributed by atoms with Gasteiger partial charge in [-0.2, -0.15) is 0 Å². The van der Waals surface area contributed by atoms with Crippen molar-refractivity contribution in [2.75, 3.05) is 0 Å².